The van der Waals surface area contributed by atoms with Crippen molar-refractivity contribution in [1.29, 1.82) is 0 Å². The fraction of sp³-hybridized carbons (Fsp3) is 0.941. The Labute approximate surface area is 149 Å². The van der Waals surface area contributed by atoms with Crippen LogP contribution in [-0.2, 0) is 9.53 Å². The predicted molar refractivity (Wildman–Crippen MR) is 104 cm³/mol. The van der Waals surface area contributed by atoms with E-state index in [4.69, 9.17) is 4.74 Å². The Morgan fingerprint density at radius 2 is 1.95 bits per heavy atom. The molecule has 1 aliphatic heterocycles. The Bertz CT molecular complexity index is 361. The zero-order chi connectivity index (χ0) is 16.9. The Hall–Kier alpha value is 0.520. The van der Waals surface area contributed by atoms with E-state index in [2.05, 4.69) is 27.0 Å². The van der Waals surface area contributed by atoms with Crippen molar-refractivity contribution in [2.75, 3.05) is 12.0 Å². The summed E-state index contributed by atoms with van der Waals surface area (Å²) in [5.74, 6) is 1.23. The van der Waals surface area contributed by atoms with E-state index in [0.29, 0.717) is 11.2 Å². The number of ether oxygens (including phenoxy) is 1. The highest BCUT2D eigenvalue weighted by Crippen LogP contribution is 2.49. The normalized spacial score (nSPS) is 22.8. The first-order valence-electron chi connectivity index (χ1n) is 8.15. The first-order valence-corrected chi connectivity index (χ1v) is 11.7. The summed E-state index contributed by atoms with van der Waals surface area (Å²) in [6, 6.07) is 0. The molecule has 0 radical (unpaired) electrons. The van der Waals surface area contributed by atoms with E-state index in [9.17, 15) is 4.79 Å². The predicted octanol–water partition coefficient (Wildman–Crippen LogP) is 5.94. The van der Waals surface area contributed by atoms with E-state index in [1.165, 1.54) is 18.6 Å². The van der Waals surface area contributed by atoms with Gasteiger partial charge in [0.25, 0.3) is 0 Å². The van der Waals surface area contributed by atoms with Gasteiger partial charge in [-0.05, 0) is 46.3 Å². The second kappa shape index (κ2) is 8.57. The average Bonchev–Trinajstić information content (AvgIpc) is 2.80. The molecule has 1 saturated heterocycles. The van der Waals surface area contributed by atoms with E-state index in [-0.39, 0.29) is 16.3 Å². The van der Waals surface area contributed by atoms with E-state index in [1.54, 1.807) is 0 Å². The minimum Gasteiger partial charge on any atom is -0.460 e. The van der Waals surface area contributed by atoms with Gasteiger partial charge in [0, 0.05) is 28.1 Å². The summed E-state index contributed by atoms with van der Waals surface area (Å²) < 4.78 is 6.27. The molecule has 1 heterocycles. The Morgan fingerprint density at radius 1 is 1.27 bits per heavy atom. The lowest BCUT2D eigenvalue weighted by Gasteiger charge is -2.33. The van der Waals surface area contributed by atoms with Gasteiger partial charge < -0.3 is 4.74 Å². The molecular formula is C17H32O2S3. The van der Waals surface area contributed by atoms with Crippen LogP contribution in [0.3, 0.4) is 0 Å². The molecule has 130 valence electrons. The van der Waals surface area contributed by atoms with Crippen molar-refractivity contribution in [3.05, 3.63) is 0 Å². The third kappa shape index (κ3) is 7.87. The molecule has 0 aliphatic carbocycles. The molecule has 0 saturated carbocycles. The third-order valence-corrected chi connectivity index (χ3v) is 8.71. The number of hydrogen-bond acceptors (Lipinski definition) is 5. The van der Waals surface area contributed by atoms with Gasteiger partial charge in [-0.2, -0.15) is 11.8 Å². The summed E-state index contributed by atoms with van der Waals surface area (Å²) in [6.07, 6.45) is 8.11. The van der Waals surface area contributed by atoms with Crippen LogP contribution in [0.15, 0.2) is 0 Å². The van der Waals surface area contributed by atoms with Crippen molar-refractivity contribution >= 4 is 39.3 Å². The molecule has 0 amide bonds. The number of hydrogen-bond donors (Lipinski definition) is 0. The van der Waals surface area contributed by atoms with Crippen molar-refractivity contribution < 1.29 is 9.53 Å². The number of rotatable bonds is 9. The Morgan fingerprint density at radius 3 is 2.50 bits per heavy atom. The van der Waals surface area contributed by atoms with E-state index >= 15 is 0 Å². The first kappa shape index (κ1) is 20.6. The van der Waals surface area contributed by atoms with Crippen molar-refractivity contribution in [2.24, 2.45) is 0 Å². The molecule has 1 atom stereocenters. The van der Waals surface area contributed by atoms with Crippen molar-refractivity contribution in [1.82, 2.24) is 0 Å². The van der Waals surface area contributed by atoms with E-state index in [1.807, 2.05) is 47.2 Å². The lowest BCUT2D eigenvalue weighted by atomic mass is 9.95. The summed E-state index contributed by atoms with van der Waals surface area (Å²) in [7, 11) is 4.00. The molecule has 0 bridgehead atoms. The van der Waals surface area contributed by atoms with Crippen molar-refractivity contribution in [2.45, 2.75) is 88.2 Å². The van der Waals surface area contributed by atoms with Gasteiger partial charge in [-0.15, -0.1) is 0 Å². The molecule has 0 N–H and O–H groups in total. The summed E-state index contributed by atoms with van der Waals surface area (Å²) in [4.78, 5) is 12.1. The summed E-state index contributed by atoms with van der Waals surface area (Å²) in [5.41, 5.74) is -0.381. The maximum absolute atomic E-state index is 12.1. The van der Waals surface area contributed by atoms with Crippen LogP contribution >= 0.6 is 33.3 Å². The van der Waals surface area contributed by atoms with Crippen LogP contribution in [0.1, 0.15) is 73.1 Å². The van der Waals surface area contributed by atoms with Crippen LogP contribution in [0.4, 0.5) is 0 Å². The minimum absolute atomic E-state index is 0.0412. The lowest BCUT2D eigenvalue weighted by molar-refractivity contribution is -0.157. The summed E-state index contributed by atoms with van der Waals surface area (Å²) >= 11 is 1.82. The topological polar surface area (TPSA) is 26.3 Å². The zero-order valence-electron chi connectivity index (χ0n) is 15.0. The molecule has 0 aromatic heterocycles. The number of esters is 1. The molecule has 1 fully saturated rings. The second-order valence-electron chi connectivity index (χ2n) is 7.69. The molecule has 0 aromatic rings. The molecule has 1 unspecified atom stereocenters. The highest BCUT2D eigenvalue weighted by atomic mass is 33.1. The van der Waals surface area contributed by atoms with E-state index in [0.717, 1.165) is 19.3 Å². The van der Waals surface area contributed by atoms with Gasteiger partial charge in [0.15, 0.2) is 0 Å². The van der Waals surface area contributed by atoms with E-state index < -0.39 is 0 Å². The van der Waals surface area contributed by atoms with Gasteiger partial charge in [0.1, 0.15) is 5.60 Å². The van der Waals surface area contributed by atoms with Crippen LogP contribution in [0.5, 0.6) is 0 Å². The van der Waals surface area contributed by atoms with Crippen LogP contribution in [0, 0.1) is 0 Å². The van der Waals surface area contributed by atoms with Crippen LogP contribution in [0.25, 0.3) is 0 Å². The van der Waals surface area contributed by atoms with Crippen LogP contribution in [0.2, 0.25) is 0 Å². The fourth-order valence-corrected chi connectivity index (χ4v) is 6.70. The fourth-order valence-electron chi connectivity index (χ4n) is 2.91. The average molecular weight is 365 g/mol. The number of thioether (sulfide) groups is 1. The molecule has 2 nitrogen and oxygen atoms in total. The minimum atomic E-state index is -0.381. The quantitative estimate of drug-likeness (QED) is 0.286. The molecule has 22 heavy (non-hydrogen) atoms. The Kier molecular flexibility index (Phi) is 8.01. The Balaban J connectivity index is 2.24. The SMILES string of the molecule is CSC(C)(C)CC(C)(C)OC(=O)CCCCC1(C)CCSS1. The molecule has 0 spiro atoms. The number of carbonyl (C=O) groups excluding carboxylic acids is 1. The maximum atomic E-state index is 12.1. The molecular weight excluding hydrogens is 332 g/mol. The van der Waals surface area contributed by atoms with Crippen molar-refractivity contribution in [3.8, 4) is 0 Å². The van der Waals surface area contributed by atoms with Crippen molar-refractivity contribution in [3.63, 3.8) is 0 Å². The largest absolute Gasteiger partial charge is 0.460 e. The van der Waals surface area contributed by atoms with Gasteiger partial charge >= 0.3 is 5.97 Å². The highest BCUT2D eigenvalue weighted by Gasteiger charge is 2.32. The standard InChI is InChI=1S/C17H32O2S3/c1-15(2,13-16(3,4)20-6)19-14(18)9-7-8-10-17(5)11-12-21-22-17/h7-13H2,1-6H3. The molecule has 0 aromatic carbocycles. The highest BCUT2D eigenvalue weighted by molar-refractivity contribution is 8.77. The maximum Gasteiger partial charge on any atom is 0.306 e. The first-order chi connectivity index (χ1) is 10.1. The monoisotopic (exact) mass is 364 g/mol. The van der Waals surface area contributed by atoms with Gasteiger partial charge in [-0.1, -0.05) is 41.9 Å². The van der Waals surface area contributed by atoms with Gasteiger partial charge in [0.05, 0.1) is 0 Å². The van der Waals surface area contributed by atoms with Crippen LogP contribution in [-0.4, -0.2) is 33.1 Å². The smallest absolute Gasteiger partial charge is 0.306 e. The summed E-state index contributed by atoms with van der Waals surface area (Å²) in [5, 5.41) is 0. The van der Waals surface area contributed by atoms with Gasteiger partial charge in [0.2, 0.25) is 0 Å². The van der Waals surface area contributed by atoms with Crippen LogP contribution < -0.4 is 0 Å². The zero-order valence-corrected chi connectivity index (χ0v) is 17.4. The molecule has 1 rings (SSSR count). The molecule has 1 aliphatic rings. The second-order valence-corrected chi connectivity index (χ2v) is 12.2. The van der Waals surface area contributed by atoms with Gasteiger partial charge in [-0.25, -0.2) is 0 Å². The third-order valence-electron chi connectivity index (χ3n) is 4.11. The van der Waals surface area contributed by atoms with Gasteiger partial charge in [-0.3, -0.25) is 4.79 Å². The number of unbranched alkanes of at least 4 members (excludes halogenated alkanes) is 1. The summed E-state index contributed by atoms with van der Waals surface area (Å²) in [6.45, 7) is 10.8. The lowest BCUT2D eigenvalue weighted by Crippen LogP contribution is -2.35. The number of carbonyl (C=O) groups is 1. The molecule has 5 heteroatoms.